The fourth-order valence-corrected chi connectivity index (χ4v) is 1.94. The zero-order valence-electron chi connectivity index (χ0n) is 9.70. The summed E-state index contributed by atoms with van der Waals surface area (Å²) in [6.07, 6.45) is 2.09. The van der Waals surface area contributed by atoms with E-state index in [0.29, 0.717) is 0 Å². The molecular weight excluding hydrogens is 230 g/mol. The number of benzene rings is 2. The fourth-order valence-electron chi connectivity index (χ4n) is 1.81. The number of rotatable bonds is 4. The van der Waals surface area contributed by atoms with Crippen molar-refractivity contribution in [1.82, 2.24) is 0 Å². The SMILES string of the molecule is NCCCc1ccc(-c2ccc(Cl)cc2)cc1. The van der Waals surface area contributed by atoms with Crippen molar-refractivity contribution < 1.29 is 0 Å². The van der Waals surface area contributed by atoms with Gasteiger partial charge >= 0.3 is 0 Å². The van der Waals surface area contributed by atoms with Crippen LogP contribution < -0.4 is 5.73 Å². The Morgan fingerprint density at radius 2 is 1.35 bits per heavy atom. The highest BCUT2D eigenvalue weighted by Crippen LogP contribution is 2.22. The Kier molecular flexibility index (Phi) is 4.18. The Morgan fingerprint density at radius 3 is 1.88 bits per heavy atom. The summed E-state index contributed by atoms with van der Waals surface area (Å²) in [5.41, 5.74) is 9.25. The molecule has 0 aromatic heterocycles. The Morgan fingerprint density at radius 1 is 0.824 bits per heavy atom. The molecule has 2 N–H and O–H groups in total. The van der Waals surface area contributed by atoms with E-state index in [2.05, 4.69) is 24.3 Å². The van der Waals surface area contributed by atoms with E-state index in [1.807, 2.05) is 24.3 Å². The van der Waals surface area contributed by atoms with E-state index in [1.54, 1.807) is 0 Å². The second-order valence-electron chi connectivity index (χ2n) is 4.10. The van der Waals surface area contributed by atoms with Crippen molar-refractivity contribution in [1.29, 1.82) is 0 Å². The van der Waals surface area contributed by atoms with Gasteiger partial charge in [-0.15, -0.1) is 0 Å². The molecule has 0 radical (unpaired) electrons. The topological polar surface area (TPSA) is 26.0 Å². The highest BCUT2D eigenvalue weighted by atomic mass is 35.5. The minimum Gasteiger partial charge on any atom is -0.330 e. The molecule has 0 spiro atoms. The van der Waals surface area contributed by atoms with Gasteiger partial charge in [-0.3, -0.25) is 0 Å². The maximum atomic E-state index is 5.87. The summed E-state index contributed by atoms with van der Waals surface area (Å²) in [4.78, 5) is 0. The van der Waals surface area contributed by atoms with E-state index >= 15 is 0 Å². The van der Waals surface area contributed by atoms with E-state index in [4.69, 9.17) is 17.3 Å². The lowest BCUT2D eigenvalue weighted by molar-refractivity contribution is 0.833. The van der Waals surface area contributed by atoms with Gasteiger partial charge in [0, 0.05) is 5.02 Å². The Labute approximate surface area is 107 Å². The van der Waals surface area contributed by atoms with Gasteiger partial charge in [0.15, 0.2) is 0 Å². The van der Waals surface area contributed by atoms with Crippen LogP contribution in [0.2, 0.25) is 5.02 Å². The average Bonchev–Trinajstić information content (AvgIpc) is 2.38. The minimum atomic E-state index is 0.749. The predicted octanol–water partition coefficient (Wildman–Crippen LogP) is 3.90. The van der Waals surface area contributed by atoms with Gasteiger partial charge in [0.25, 0.3) is 0 Å². The summed E-state index contributed by atoms with van der Waals surface area (Å²) in [5, 5.41) is 0.772. The third kappa shape index (κ3) is 3.32. The summed E-state index contributed by atoms with van der Waals surface area (Å²) >= 11 is 5.87. The van der Waals surface area contributed by atoms with Crippen LogP contribution in [0.25, 0.3) is 11.1 Å². The van der Waals surface area contributed by atoms with E-state index in [0.717, 1.165) is 24.4 Å². The lowest BCUT2D eigenvalue weighted by Gasteiger charge is -2.04. The van der Waals surface area contributed by atoms with Crippen molar-refractivity contribution in [3.63, 3.8) is 0 Å². The van der Waals surface area contributed by atoms with Crippen molar-refractivity contribution >= 4 is 11.6 Å². The van der Waals surface area contributed by atoms with Gasteiger partial charge in [-0.25, -0.2) is 0 Å². The summed E-state index contributed by atoms with van der Waals surface area (Å²) in [6, 6.07) is 16.5. The molecule has 2 aromatic carbocycles. The lowest BCUT2D eigenvalue weighted by atomic mass is 10.0. The first-order valence-corrected chi connectivity index (χ1v) is 6.22. The Bertz CT molecular complexity index is 459. The second kappa shape index (κ2) is 5.85. The maximum Gasteiger partial charge on any atom is 0.0406 e. The van der Waals surface area contributed by atoms with Crippen LogP contribution in [-0.2, 0) is 6.42 Å². The van der Waals surface area contributed by atoms with Crippen LogP contribution in [0.5, 0.6) is 0 Å². The molecule has 0 aliphatic carbocycles. The van der Waals surface area contributed by atoms with Crippen LogP contribution in [0.1, 0.15) is 12.0 Å². The summed E-state index contributed by atoms with van der Waals surface area (Å²) in [7, 11) is 0. The van der Waals surface area contributed by atoms with E-state index in [-0.39, 0.29) is 0 Å². The van der Waals surface area contributed by atoms with Crippen molar-refractivity contribution in [2.24, 2.45) is 5.73 Å². The van der Waals surface area contributed by atoms with Crippen molar-refractivity contribution in [3.8, 4) is 11.1 Å². The smallest absolute Gasteiger partial charge is 0.0406 e. The first-order valence-electron chi connectivity index (χ1n) is 5.84. The lowest BCUT2D eigenvalue weighted by Crippen LogP contribution is -2.00. The van der Waals surface area contributed by atoms with E-state index in [1.165, 1.54) is 16.7 Å². The van der Waals surface area contributed by atoms with Crippen LogP contribution in [0.3, 0.4) is 0 Å². The van der Waals surface area contributed by atoms with E-state index < -0.39 is 0 Å². The first-order chi connectivity index (χ1) is 8.29. The number of hydrogen-bond donors (Lipinski definition) is 1. The van der Waals surface area contributed by atoms with Gasteiger partial charge in [0.05, 0.1) is 0 Å². The highest BCUT2D eigenvalue weighted by molar-refractivity contribution is 6.30. The molecule has 17 heavy (non-hydrogen) atoms. The van der Waals surface area contributed by atoms with Crippen molar-refractivity contribution in [2.75, 3.05) is 6.54 Å². The van der Waals surface area contributed by atoms with Gasteiger partial charge in [0.2, 0.25) is 0 Å². The number of halogens is 1. The normalized spacial score (nSPS) is 10.5. The van der Waals surface area contributed by atoms with Gasteiger partial charge in [-0.2, -0.15) is 0 Å². The molecule has 2 aromatic rings. The summed E-state index contributed by atoms with van der Waals surface area (Å²) < 4.78 is 0. The highest BCUT2D eigenvalue weighted by Gasteiger charge is 1.98. The zero-order valence-corrected chi connectivity index (χ0v) is 10.5. The van der Waals surface area contributed by atoms with Crippen LogP contribution in [0.15, 0.2) is 48.5 Å². The maximum absolute atomic E-state index is 5.87. The minimum absolute atomic E-state index is 0.749. The van der Waals surface area contributed by atoms with Gasteiger partial charge in [0.1, 0.15) is 0 Å². The molecule has 0 unspecified atom stereocenters. The fraction of sp³-hybridized carbons (Fsp3) is 0.200. The molecule has 0 heterocycles. The van der Waals surface area contributed by atoms with Crippen LogP contribution in [0, 0.1) is 0 Å². The second-order valence-corrected chi connectivity index (χ2v) is 4.53. The van der Waals surface area contributed by atoms with E-state index in [9.17, 15) is 0 Å². The molecule has 2 rings (SSSR count). The van der Waals surface area contributed by atoms with Crippen LogP contribution in [-0.4, -0.2) is 6.54 Å². The quantitative estimate of drug-likeness (QED) is 0.869. The molecule has 88 valence electrons. The van der Waals surface area contributed by atoms with Crippen molar-refractivity contribution in [2.45, 2.75) is 12.8 Å². The standard InChI is InChI=1S/C15H16ClN/c16-15-9-7-14(8-10-15)13-5-3-12(4-6-13)2-1-11-17/h3-10H,1-2,11,17H2. The molecule has 0 atom stereocenters. The molecule has 0 saturated carbocycles. The molecule has 0 amide bonds. The number of aryl methyl sites for hydroxylation is 1. The monoisotopic (exact) mass is 245 g/mol. The summed E-state index contributed by atoms with van der Waals surface area (Å²) in [5.74, 6) is 0. The number of hydrogen-bond acceptors (Lipinski definition) is 1. The number of nitrogens with two attached hydrogens (primary N) is 1. The zero-order chi connectivity index (χ0) is 12.1. The Balaban J connectivity index is 2.14. The first kappa shape index (κ1) is 12.2. The molecule has 2 heteroatoms. The van der Waals surface area contributed by atoms with Gasteiger partial charge in [-0.1, -0.05) is 48.0 Å². The predicted molar refractivity (Wildman–Crippen MR) is 74.3 cm³/mol. The Hall–Kier alpha value is -1.31. The molecular formula is C15H16ClN. The van der Waals surface area contributed by atoms with Gasteiger partial charge < -0.3 is 5.73 Å². The molecule has 0 fully saturated rings. The van der Waals surface area contributed by atoms with Crippen molar-refractivity contribution in [3.05, 3.63) is 59.1 Å². The molecule has 1 nitrogen and oxygen atoms in total. The third-order valence-corrected chi connectivity index (χ3v) is 3.05. The van der Waals surface area contributed by atoms with Crippen LogP contribution >= 0.6 is 11.6 Å². The average molecular weight is 246 g/mol. The summed E-state index contributed by atoms with van der Waals surface area (Å²) in [6.45, 7) is 0.749. The molecule has 0 aliphatic rings. The molecule has 0 aliphatic heterocycles. The molecule has 0 bridgehead atoms. The largest absolute Gasteiger partial charge is 0.330 e. The van der Waals surface area contributed by atoms with Crippen LogP contribution in [0.4, 0.5) is 0 Å². The van der Waals surface area contributed by atoms with Gasteiger partial charge in [-0.05, 0) is 48.2 Å². The third-order valence-electron chi connectivity index (χ3n) is 2.80. The molecule has 0 saturated heterocycles.